The molecule has 4 saturated heterocycles. The van der Waals surface area contributed by atoms with Crippen LogP contribution in [0.1, 0.15) is 38.5 Å². The predicted molar refractivity (Wildman–Crippen MR) is 138 cm³/mol. The third-order valence-electron chi connectivity index (χ3n) is 8.62. The van der Waals surface area contributed by atoms with Gasteiger partial charge in [0.15, 0.2) is 5.82 Å². The minimum Gasteiger partial charge on any atom is -0.476 e. The number of fused-ring (bicyclic) bond motifs is 4. The fraction of sp³-hybridized carbons (Fsp3) is 0.519. The molecule has 2 bridgehead atoms. The van der Waals surface area contributed by atoms with Gasteiger partial charge in [0.2, 0.25) is 5.88 Å². The fourth-order valence-electron chi connectivity index (χ4n) is 6.84. The lowest BCUT2D eigenvalue weighted by Gasteiger charge is -2.35. The summed E-state index contributed by atoms with van der Waals surface area (Å²) < 4.78 is 21.1. The second kappa shape index (κ2) is 8.52. The smallest absolute Gasteiger partial charge is 0.217 e. The molecular formula is C27H32FN7O. The van der Waals surface area contributed by atoms with Gasteiger partial charge in [-0.1, -0.05) is 6.07 Å². The maximum Gasteiger partial charge on any atom is 0.217 e. The summed E-state index contributed by atoms with van der Waals surface area (Å²) in [5.74, 6) is 1.27. The van der Waals surface area contributed by atoms with Crippen molar-refractivity contribution in [2.75, 3.05) is 43.4 Å². The van der Waals surface area contributed by atoms with Gasteiger partial charge >= 0.3 is 0 Å². The Hall–Kier alpha value is -3.04. The van der Waals surface area contributed by atoms with Crippen LogP contribution >= 0.6 is 0 Å². The van der Waals surface area contributed by atoms with Crippen LogP contribution in [0.2, 0.25) is 0 Å². The Morgan fingerprint density at radius 2 is 1.89 bits per heavy atom. The molecule has 0 radical (unpaired) electrons. The van der Waals surface area contributed by atoms with Crippen LogP contribution in [0.5, 0.6) is 5.88 Å². The summed E-state index contributed by atoms with van der Waals surface area (Å²) in [5, 5.41) is 4.54. The van der Waals surface area contributed by atoms with Crippen LogP contribution < -0.4 is 20.7 Å². The number of nitrogen functional groups attached to an aromatic ring is 1. The lowest BCUT2D eigenvalue weighted by atomic mass is 9.95. The second-order valence-electron chi connectivity index (χ2n) is 10.9. The quantitative estimate of drug-likeness (QED) is 0.527. The van der Waals surface area contributed by atoms with E-state index in [4.69, 9.17) is 20.4 Å². The lowest BCUT2D eigenvalue weighted by molar-refractivity contribution is 0.111. The molecule has 9 heteroatoms. The Bertz CT molecular complexity index is 1270. The summed E-state index contributed by atoms with van der Waals surface area (Å²) in [4.78, 5) is 19.2. The molecule has 188 valence electrons. The molecule has 0 amide bonds. The molecule has 2 unspecified atom stereocenters. The van der Waals surface area contributed by atoms with E-state index in [2.05, 4.69) is 20.1 Å². The number of aromatic nitrogens is 3. The van der Waals surface area contributed by atoms with Gasteiger partial charge in [-0.25, -0.2) is 14.4 Å². The van der Waals surface area contributed by atoms with Crippen molar-refractivity contribution in [3.63, 3.8) is 0 Å². The first-order chi connectivity index (χ1) is 17.6. The molecular weight excluding hydrogens is 457 g/mol. The lowest BCUT2D eigenvalue weighted by Crippen LogP contribution is -2.51. The van der Waals surface area contributed by atoms with E-state index < -0.39 is 5.82 Å². The molecule has 3 aromatic rings. The van der Waals surface area contributed by atoms with Gasteiger partial charge in [0.05, 0.1) is 22.0 Å². The van der Waals surface area contributed by atoms with E-state index in [1.165, 1.54) is 44.6 Å². The molecule has 0 aliphatic carbocycles. The SMILES string of the molecule is Nc1cccc(F)c1-c1ncc2c(N3CC4CCC(C3)N4)nc(OCC34CCCN3CCC4)cc2n1. The zero-order valence-electron chi connectivity index (χ0n) is 20.4. The Kier molecular flexibility index (Phi) is 5.25. The van der Waals surface area contributed by atoms with Crippen LogP contribution in [0.25, 0.3) is 22.3 Å². The van der Waals surface area contributed by atoms with Crippen molar-refractivity contribution in [1.82, 2.24) is 25.2 Å². The molecule has 7 rings (SSSR count). The van der Waals surface area contributed by atoms with Crippen LogP contribution in [0.15, 0.2) is 30.5 Å². The molecule has 8 nitrogen and oxygen atoms in total. The van der Waals surface area contributed by atoms with E-state index in [0.717, 1.165) is 37.4 Å². The molecule has 2 atom stereocenters. The van der Waals surface area contributed by atoms with E-state index in [1.54, 1.807) is 18.3 Å². The highest BCUT2D eigenvalue weighted by Gasteiger charge is 2.45. The van der Waals surface area contributed by atoms with Crippen molar-refractivity contribution in [3.8, 4) is 17.3 Å². The standard InChI is InChI=1S/C27H32FN7O/c28-20-4-1-5-21(29)24(20)25-30-13-19-22(32-25)12-23(36-16-27-8-2-10-35(27)11-3-9-27)33-26(19)34-14-17-6-7-18(15-34)31-17/h1,4-5,12-13,17-18,31H,2-3,6-11,14-16,29H2. The predicted octanol–water partition coefficient (Wildman–Crippen LogP) is 3.36. The fourth-order valence-corrected chi connectivity index (χ4v) is 6.84. The highest BCUT2D eigenvalue weighted by atomic mass is 19.1. The number of anilines is 2. The van der Waals surface area contributed by atoms with Gasteiger partial charge in [-0.05, 0) is 63.7 Å². The molecule has 2 aromatic heterocycles. The van der Waals surface area contributed by atoms with Gasteiger partial charge in [0.1, 0.15) is 18.2 Å². The maximum atomic E-state index is 14.7. The summed E-state index contributed by atoms with van der Waals surface area (Å²) in [7, 11) is 0. The van der Waals surface area contributed by atoms with Gasteiger partial charge in [0, 0.05) is 43.1 Å². The van der Waals surface area contributed by atoms with Crippen LogP contribution in [0.4, 0.5) is 15.9 Å². The zero-order chi connectivity index (χ0) is 24.3. The van der Waals surface area contributed by atoms with E-state index in [1.807, 2.05) is 6.07 Å². The van der Waals surface area contributed by atoms with E-state index in [0.29, 0.717) is 35.8 Å². The largest absolute Gasteiger partial charge is 0.476 e. The van der Waals surface area contributed by atoms with Crippen molar-refractivity contribution in [3.05, 3.63) is 36.3 Å². The van der Waals surface area contributed by atoms with Crippen molar-refractivity contribution >= 4 is 22.4 Å². The Labute approximate surface area is 210 Å². The van der Waals surface area contributed by atoms with Crippen LogP contribution in [0.3, 0.4) is 0 Å². The third kappa shape index (κ3) is 3.67. The van der Waals surface area contributed by atoms with Crippen LogP contribution in [-0.4, -0.2) is 70.3 Å². The number of nitrogens with one attached hydrogen (secondary N) is 1. The number of halogens is 1. The first-order valence-electron chi connectivity index (χ1n) is 13.2. The third-order valence-corrected chi connectivity index (χ3v) is 8.62. The van der Waals surface area contributed by atoms with E-state index in [9.17, 15) is 4.39 Å². The van der Waals surface area contributed by atoms with Crippen molar-refractivity contribution in [2.45, 2.75) is 56.1 Å². The molecule has 1 aromatic carbocycles. The van der Waals surface area contributed by atoms with Crippen molar-refractivity contribution in [1.29, 1.82) is 0 Å². The summed E-state index contributed by atoms with van der Waals surface area (Å²) in [6.07, 6.45) is 8.92. The van der Waals surface area contributed by atoms with Gasteiger partial charge in [0.25, 0.3) is 0 Å². The normalized spacial score (nSPS) is 25.0. The number of benzene rings is 1. The topological polar surface area (TPSA) is 92.4 Å². The van der Waals surface area contributed by atoms with Crippen molar-refractivity contribution in [2.24, 2.45) is 0 Å². The molecule has 0 spiro atoms. The number of piperazine rings is 1. The highest BCUT2D eigenvalue weighted by molar-refractivity contribution is 5.91. The van der Waals surface area contributed by atoms with Gasteiger partial charge < -0.3 is 20.7 Å². The first-order valence-corrected chi connectivity index (χ1v) is 13.2. The van der Waals surface area contributed by atoms with Gasteiger partial charge in [-0.15, -0.1) is 0 Å². The molecule has 3 N–H and O–H groups in total. The summed E-state index contributed by atoms with van der Waals surface area (Å²) in [5.41, 5.74) is 7.47. The van der Waals surface area contributed by atoms with Gasteiger partial charge in [-0.3, -0.25) is 4.90 Å². The maximum absolute atomic E-state index is 14.7. The molecule has 36 heavy (non-hydrogen) atoms. The molecule has 4 fully saturated rings. The van der Waals surface area contributed by atoms with Gasteiger partial charge in [-0.2, -0.15) is 4.98 Å². The Morgan fingerprint density at radius 1 is 1.11 bits per heavy atom. The monoisotopic (exact) mass is 489 g/mol. The number of nitrogens with zero attached hydrogens (tertiary/aromatic N) is 5. The minimum absolute atomic E-state index is 0.128. The van der Waals surface area contributed by atoms with E-state index >= 15 is 0 Å². The Morgan fingerprint density at radius 3 is 2.64 bits per heavy atom. The summed E-state index contributed by atoms with van der Waals surface area (Å²) in [6, 6.07) is 7.46. The average Bonchev–Trinajstić information content (AvgIpc) is 3.55. The molecule has 0 saturated carbocycles. The number of rotatable bonds is 5. The first kappa shape index (κ1) is 22.2. The average molecular weight is 490 g/mol. The number of hydrogen-bond acceptors (Lipinski definition) is 8. The minimum atomic E-state index is -0.430. The molecule has 6 heterocycles. The van der Waals surface area contributed by atoms with E-state index in [-0.39, 0.29) is 16.9 Å². The number of hydrogen-bond donors (Lipinski definition) is 2. The van der Waals surface area contributed by atoms with Crippen molar-refractivity contribution < 1.29 is 9.13 Å². The summed E-state index contributed by atoms with van der Waals surface area (Å²) >= 11 is 0. The second-order valence-corrected chi connectivity index (χ2v) is 10.9. The molecule has 4 aliphatic rings. The number of pyridine rings is 1. The highest BCUT2D eigenvalue weighted by Crippen LogP contribution is 2.40. The number of ether oxygens (including phenoxy) is 1. The zero-order valence-corrected chi connectivity index (χ0v) is 20.4. The Balaban J connectivity index is 1.29. The summed E-state index contributed by atoms with van der Waals surface area (Å²) in [6.45, 7) is 4.73. The van der Waals surface area contributed by atoms with Crippen LogP contribution in [-0.2, 0) is 0 Å². The molecule has 4 aliphatic heterocycles. The number of nitrogens with two attached hydrogens (primary N) is 1. The van der Waals surface area contributed by atoms with Crippen LogP contribution in [0, 0.1) is 5.82 Å².